The molecule has 0 aliphatic heterocycles. The van der Waals surface area contributed by atoms with Crippen molar-refractivity contribution in [3.63, 3.8) is 0 Å². The van der Waals surface area contributed by atoms with Gasteiger partial charge in [-0.2, -0.15) is 0 Å². The van der Waals surface area contributed by atoms with Gasteiger partial charge in [0.05, 0.1) is 31.2 Å². The normalized spacial score (nSPS) is 11.1. The van der Waals surface area contributed by atoms with E-state index in [1.807, 2.05) is 24.3 Å². The molecule has 0 aliphatic rings. The zero-order chi connectivity index (χ0) is 32.1. The Kier molecular flexibility index (Phi) is 25.4. The molecule has 0 bridgehead atoms. The Balaban J connectivity index is 1.97. The number of allylic oxidation sites excluding steroid dienone is 2. The molecular formula is C38H66N2O4. The first-order valence-corrected chi connectivity index (χ1v) is 17.7. The minimum absolute atomic E-state index is 0.191. The van der Waals surface area contributed by atoms with Gasteiger partial charge < -0.3 is 24.8 Å². The molecule has 0 spiro atoms. The first kappa shape index (κ1) is 39.7. The van der Waals surface area contributed by atoms with Gasteiger partial charge in [-0.1, -0.05) is 97.4 Å². The predicted molar refractivity (Wildman–Crippen MR) is 186 cm³/mol. The van der Waals surface area contributed by atoms with Gasteiger partial charge in [-0.15, -0.1) is 0 Å². The van der Waals surface area contributed by atoms with Crippen molar-refractivity contribution >= 4 is 5.97 Å². The van der Waals surface area contributed by atoms with Gasteiger partial charge >= 0.3 is 5.97 Å². The van der Waals surface area contributed by atoms with Crippen LogP contribution >= 0.6 is 0 Å². The van der Waals surface area contributed by atoms with E-state index in [1.165, 1.54) is 70.6 Å². The van der Waals surface area contributed by atoms with Gasteiger partial charge in [-0.05, 0) is 75.2 Å². The molecule has 0 unspecified atom stereocenters. The molecule has 0 aromatic heterocycles. The topological polar surface area (TPSA) is 68.8 Å². The number of carbonyl (C=O) groups is 1. The molecule has 0 saturated carbocycles. The summed E-state index contributed by atoms with van der Waals surface area (Å²) in [5.74, 6) is 3.07. The molecule has 44 heavy (non-hydrogen) atoms. The fourth-order valence-electron chi connectivity index (χ4n) is 4.91. The maximum absolute atomic E-state index is 12.2. The number of hydrogen-bond donors (Lipinski definition) is 2. The first-order valence-electron chi connectivity index (χ1n) is 17.7. The van der Waals surface area contributed by atoms with Crippen molar-refractivity contribution in [2.75, 3.05) is 39.4 Å². The summed E-state index contributed by atoms with van der Waals surface area (Å²) < 4.78 is 17.0. The Labute approximate surface area is 270 Å². The number of rotatable bonds is 31. The van der Waals surface area contributed by atoms with Crippen LogP contribution in [0.2, 0.25) is 0 Å². The van der Waals surface area contributed by atoms with Crippen molar-refractivity contribution in [2.45, 2.75) is 130 Å². The summed E-state index contributed by atoms with van der Waals surface area (Å²) in [4.78, 5) is 12.2. The number of unbranched alkanes of at least 4 members (excludes halogenated alkanes) is 9. The van der Waals surface area contributed by atoms with E-state index in [2.05, 4.69) is 44.6 Å². The molecule has 0 amide bonds. The van der Waals surface area contributed by atoms with Crippen LogP contribution in [0.5, 0.6) is 5.75 Å². The third kappa shape index (κ3) is 25.1. The van der Waals surface area contributed by atoms with Crippen LogP contribution < -0.4 is 15.4 Å². The van der Waals surface area contributed by atoms with Crippen LogP contribution in [0, 0.1) is 5.92 Å². The first-order chi connectivity index (χ1) is 21.4. The van der Waals surface area contributed by atoms with Gasteiger partial charge in [-0.3, -0.25) is 4.79 Å². The van der Waals surface area contributed by atoms with E-state index in [-0.39, 0.29) is 12.4 Å². The van der Waals surface area contributed by atoms with E-state index in [9.17, 15) is 4.79 Å². The summed E-state index contributed by atoms with van der Waals surface area (Å²) in [5.41, 5.74) is 0.926. The molecule has 0 heterocycles. The van der Waals surface area contributed by atoms with Crippen molar-refractivity contribution < 1.29 is 19.0 Å². The van der Waals surface area contributed by atoms with E-state index >= 15 is 0 Å². The third-order valence-corrected chi connectivity index (χ3v) is 7.62. The molecule has 0 saturated heterocycles. The summed E-state index contributed by atoms with van der Waals surface area (Å²) >= 11 is 0. The molecule has 0 atom stereocenters. The van der Waals surface area contributed by atoms with E-state index in [4.69, 9.17) is 14.2 Å². The van der Waals surface area contributed by atoms with Gasteiger partial charge in [0.15, 0.2) is 0 Å². The average molecular weight is 615 g/mol. The minimum atomic E-state index is -0.191. The van der Waals surface area contributed by atoms with Gasteiger partial charge in [0.1, 0.15) is 5.75 Å². The van der Waals surface area contributed by atoms with Gasteiger partial charge in [0.25, 0.3) is 0 Å². The molecule has 0 fully saturated rings. The van der Waals surface area contributed by atoms with Gasteiger partial charge in [0, 0.05) is 25.9 Å². The van der Waals surface area contributed by atoms with Crippen LogP contribution in [0.1, 0.15) is 129 Å². The van der Waals surface area contributed by atoms with Crippen LogP contribution in [0.25, 0.3) is 0 Å². The second-order valence-corrected chi connectivity index (χ2v) is 12.5. The van der Waals surface area contributed by atoms with Crippen molar-refractivity contribution in [3.05, 3.63) is 54.5 Å². The molecule has 0 aliphatic carbocycles. The Morgan fingerprint density at radius 1 is 0.682 bits per heavy atom. The van der Waals surface area contributed by atoms with Crippen LogP contribution in [0.15, 0.2) is 48.9 Å². The van der Waals surface area contributed by atoms with Crippen LogP contribution in [0.4, 0.5) is 0 Å². The summed E-state index contributed by atoms with van der Waals surface area (Å²) in [5, 5.41) is 6.82. The zero-order valence-electron chi connectivity index (χ0n) is 28.7. The lowest BCUT2D eigenvalue weighted by atomic mass is 10.1. The van der Waals surface area contributed by atoms with E-state index < -0.39 is 0 Å². The van der Waals surface area contributed by atoms with Gasteiger partial charge in [-0.25, -0.2) is 0 Å². The zero-order valence-corrected chi connectivity index (χ0v) is 28.7. The highest BCUT2D eigenvalue weighted by Gasteiger charge is 2.06. The van der Waals surface area contributed by atoms with Crippen LogP contribution in [0.3, 0.4) is 0 Å². The Morgan fingerprint density at radius 3 is 1.86 bits per heavy atom. The van der Waals surface area contributed by atoms with Gasteiger partial charge in [0.2, 0.25) is 0 Å². The summed E-state index contributed by atoms with van der Waals surface area (Å²) in [6.07, 6.45) is 19.0. The van der Waals surface area contributed by atoms with Crippen molar-refractivity contribution in [1.82, 2.24) is 10.6 Å². The lowest BCUT2D eigenvalue weighted by Gasteiger charge is -2.10. The van der Waals surface area contributed by atoms with Crippen molar-refractivity contribution in [3.8, 4) is 5.75 Å². The van der Waals surface area contributed by atoms with Crippen molar-refractivity contribution in [1.29, 1.82) is 0 Å². The predicted octanol–water partition coefficient (Wildman–Crippen LogP) is 9.29. The number of hydrogen-bond acceptors (Lipinski definition) is 6. The summed E-state index contributed by atoms with van der Waals surface area (Å²) in [6.45, 7) is 20.0. The molecule has 2 N–H and O–H groups in total. The average Bonchev–Trinajstić information content (AvgIpc) is 3.00. The number of ether oxygens (including phenoxy) is 3. The lowest BCUT2D eigenvalue weighted by Crippen LogP contribution is -2.29. The Morgan fingerprint density at radius 2 is 1.25 bits per heavy atom. The molecule has 1 aromatic rings. The maximum Gasteiger partial charge on any atom is 0.310 e. The molecule has 1 rings (SSSR count). The summed E-state index contributed by atoms with van der Waals surface area (Å²) in [7, 11) is 0. The van der Waals surface area contributed by atoms with E-state index in [1.54, 1.807) is 0 Å². The standard InChI is InChI=1S/C38H66N2O4/c1-6-7-16-26-39-28-29-40-27-18-31-43-38(41)32-36-22-24-37(25-23-36)44-35(5)21-15-13-11-9-8-10-12-14-20-34(4)42-30-17-19-33(2)3/h22-25,33,39-40H,4-21,26-32H2,1-3H3. The van der Waals surface area contributed by atoms with Crippen LogP contribution in [-0.4, -0.2) is 45.4 Å². The minimum Gasteiger partial charge on any atom is -0.499 e. The molecule has 252 valence electrons. The highest BCUT2D eigenvalue weighted by molar-refractivity contribution is 5.72. The van der Waals surface area contributed by atoms with Crippen LogP contribution in [-0.2, 0) is 20.7 Å². The molecule has 6 heteroatoms. The fraction of sp³-hybridized carbons (Fsp3) is 0.711. The monoisotopic (exact) mass is 615 g/mol. The quantitative estimate of drug-likeness (QED) is 0.0494. The molecule has 1 aromatic carbocycles. The highest BCUT2D eigenvalue weighted by Crippen LogP contribution is 2.19. The smallest absolute Gasteiger partial charge is 0.310 e. The molecule has 0 radical (unpaired) electrons. The molecule has 6 nitrogen and oxygen atoms in total. The second-order valence-electron chi connectivity index (χ2n) is 12.5. The Bertz CT molecular complexity index is 853. The second kappa shape index (κ2) is 28.2. The Hall–Kier alpha value is -2.31. The summed E-state index contributed by atoms with van der Waals surface area (Å²) in [6, 6.07) is 7.66. The highest BCUT2D eigenvalue weighted by atomic mass is 16.5. The van der Waals surface area contributed by atoms with E-state index in [0.717, 1.165) is 93.6 Å². The maximum atomic E-state index is 12.2. The lowest BCUT2D eigenvalue weighted by molar-refractivity contribution is -0.142. The van der Waals surface area contributed by atoms with Crippen molar-refractivity contribution in [2.24, 2.45) is 5.92 Å². The SMILES string of the molecule is C=C(CCCCCCCCCCC(=C)Oc1ccc(CC(=O)OCCCNCCNCCCCC)cc1)OCCCC(C)C. The number of benzene rings is 1. The molecular weight excluding hydrogens is 548 g/mol. The number of carbonyl (C=O) groups excluding carboxylic acids is 1. The third-order valence-electron chi connectivity index (χ3n) is 7.62. The van der Waals surface area contributed by atoms with E-state index in [0.29, 0.717) is 6.61 Å². The number of nitrogens with one attached hydrogen (secondary N) is 2. The largest absolute Gasteiger partial charge is 0.499 e. The number of esters is 1. The fourth-order valence-corrected chi connectivity index (χ4v) is 4.91.